The average Bonchev–Trinajstić information content (AvgIpc) is 3.22. The number of hydrogen-bond acceptors (Lipinski definition) is 4. The first-order valence-electron chi connectivity index (χ1n) is 11.1. The third-order valence-corrected chi connectivity index (χ3v) is 7.11. The molecule has 2 atom stereocenters. The van der Waals surface area contributed by atoms with Crippen molar-refractivity contribution in [1.29, 1.82) is 0 Å². The van der Waals surface area contributed by atoms with Crippen LogP contribution in [-0.4, -0.2) is 31.7 Å². The van der Waals surface area contributed by atoms with Gasteiger partial charge < -0.3 is 10.2 Å². The van der Waals surface area contributed by atoms with Crippen molar-refractivity contribution in [3.05, 3.63) is 90.0 Å². The Labute approximate surface area is 199 Å². The van der Waals surface area contributed by atoms with Crippen molar-refractivity contribution in [3.8, 4) is 0 Å². The summed E-state index contributed by atoms with van der Waals surface area (Å²) in [4.78, 5) is 29.4. The zero-order chi connectivity index (χ0) is 23.4. The molecule has 0 saturated carbocycles. The van der Waals surface area contributed by atoms with Crippen molar-refractivity contribution >= 4 is 40.6 Å². The van der Waals surface area contributed by atoms with E-state index in [-0.39, 0.29) is 23.1 Å². The Bertz CT molecular complexity index is 1100. The molecule has 0 bridgehead atoms. The van der Waals surface area contributed by atoms with Gasteiger partial charge in [0, 0.05) is 31.2 Å². The van der Waals surface area contributed by atoms with Crippen molar-refractivity contribution in [2.24, 2.45) is 0 Å². The number of hydrogen-bond donors (Lipinski definition) is 1. The average molecular weight is 460 g/mol. The highest BCUT2D eigenvalue weighted by atomic mass is 32.2. The molecule has 0 spiro atoms. The number of benzene rings is 3. The molecule has 0 aliphatic carbocycles. The molecule has 1 heterocycles. The van der Waals surface area contributed by atoms with Gasteiger partial charge in [0.1, 0.15) is 5.37 Å². The molecule has 170 valence electrons. The summed E-state index contributed by atoms with van der Waals surface area (Å²) in [5, 5.41) is 2.96. The minimum atomic E-state index is -0.186. The molecule has 4 rings (SSSR count). The van der Waals surface area contributed by atoms with E-state index < -0.39 is 0 Å². The zero-order valence-electron chi connectivity index (χ0n) is 19.2. The summed E-state index contributed by atoms with van der Waals surface area (Å²) in [5.74, 6) is 0.362. The van der Waals surface area contributed by atoms with E-state index in [0.717, 1.165) is 34.6 Å². The van der Waals surface area contributed by atoms with E-state index in [1.165, 1.54) is 0 Å². The smallest absolute Gasteiger partial charge is 0.238 e. The summed E-state index contributed by atoms with van der Waals surface area (Å²) >= 11 is 1.62. The van der Waals surface area contributed by atoms with Gasteiger partial charge in [-0.2, -0.15) is 0 Å². The first-order valence-corrected chi connectivity index (χ1v) is 12.2. The van der Waals surface area contributed by atoms with Gasteiger partial charge in [0.15, 0.2) is 0 Å². The van der Waals surface area contributed by atoms with Gasteiger partial charge in [0.05, 0.1) is 11.7 Å². The van der Waals surface area contributed by atoms with Crippen molar-refractivity contribution in [2.75, 3.05) is 35.0 Å². The summed E-state index contributed by atoms with van der Waals surface area (Å²) in [6.45, 7) is 2.02. The van der Waals surface area contributed by atoms with Crippen molar-refractivity contribution in [1.82, 2.24) is 0 Å². The lowest BCUT2D eigenvalue weighted by atomic mass is 9.95. The molecule has 0 aromatic heterocycles. The third kappa shape index (κ3) is 5.06. The minimum absolute atomic E-state index is 0.00974. The molecule has 33 heavy (non-hydrogen) atoms. The summed E-state index contributed by atoms with van der Waals surface area (Å²) in [6, 6.07) is 25.7. The molecular formula is C27H29N3O2S. The van der Waals surface area contributed by atoms with Gasteiger partial charge in [0.2, 0.25) is 11.8 Å². The molecule has 3 aromatic carbocycles. The molecule has 1 fully saturated rings. The van der Waals surface area contributed by atoms with E-state index in [1.54, 1.807) is 11.8 Å². The number of anilines is 3. The van der Waals surface area contributed by atoms with Crippen LogP contribution in [0.1, 0.15) is 35.8 Å². The Morgan fingerprint density at radius 1 is 1.03 bits per heavy atom. The van der Waals surface area contributed by atoms with Crippen LogP contribution in [0.25, 0.3) is 0 Å². The van der Waals surface area contributed by atoms with Crippen molar-refractivity contribution < 1.29 is 9.59 Å². The topological polar surface area (TPSA) is 52.7 Å². The Balaban J connectivity index is 1.49. The maximum Gasteiger partial charge on any atom is 0.238 e. The zero-order valence-corrected chi connectivity index (χ0v) is 20.0. The number of carbonyl (C=O) groups is 2. The largest absolute Gasteiger partial charge is 0.378 e. The number of amides is 2. The van der Waals surface area contributed by atoms with Crippen LogP contribution in [0.15, 0.2) is 78.9 Å². The van der Waals surface area contributed by atoms with Gasteiger partial charge in [-0.3, -0.25) is 14.5 Å². The van der Waals surface area contributed by atoms with Crippen LogP contribution in [-0.2, 0) is 9.59 Å². The van der Waals surface area contributed by atoms with Gasteiger partial charge >= 0.3 is 0 Å². The highest BCUT2D eigenvalue weighted by Crippen LogP contribution is 2.42. The molecule has 1 aliphatic rings. The quantitative estimate of drug-likeness (QED) is 0.495. The Morgan fingerprint density at radius 2 is 1.70 bits per heavy atom. The standard InChI is InChI=1S/C27H29N3O2S/c1-4-24(19-8-6-5-7-9-19)26(32)28-21-12-10-20(11-13-21)27-30(25(31)18-33-27)23-16-14-22(15-17-23)29(2)3/h5-17,24,27H,4,18H2,1-3H3,(H,28,32). The number of rotatable bonds is 7. The molecule has 2 unspecified atom stereocenters. The molecule has 1 saturated heterocycles. The molecule has 1 N–H and O–H groups in total. The fourth-order valence-electron chi connectivity index (χ4n) is 4.08. The maximum absolute atomic E-state index is 12.9. The summed E-state index contributed by atoms with van der Waals surface area (Å²) in [6.07, 6.45) is 0.732. The number of nitrogens with zero attached hydrogens (tertiary/aromatic N) is 2. The minimum Gasteiger partial charge on any atom is -0.378 e. The van der Waals surface area contributed by atoms with Gasteiger partial charge in [-0.15, -0.1) is 11.8 Å². The fourth-order valence-corrected chi connectivity index (χ4v) is 5.26. The van der Waals surface area contributed by atoms with E-state index in [4.69, 9.17) is 0 Å². The molecule has 0 radical (unpaired) electrons. The Morgan fingerprint density at radius 3 is 2.30 bits per heavy atom. The van der Waals surface area contributed by atoms with E-state index in [2.05, 4.69) is 5.32 Å². The van der Waals surface area contributed by atoms with Gasteiger partial charge in [-0.1, -0.05) is 49.4 Å². The van der Waals surface area contributed by atoms with Gasteiger partial charge in [-0.25, -0.2) is 0 Å². The van der Waals surface area contributed by atoms with Crippen LogP contribution in [0.5, 0.6) is 0 Å². The number of carbonyl (C=O) groups excluding carboxylic acids is 2. The van der Waals surface area contributed by atoms with E-state index in [9.17, 15) is 9.59 Å². The third-order valence-electron chi connectivity index (χ3n) is 5.90. The van der Waals surface area contributed by atoms with Gasteiger partial charge in [-0.05, 0) is 53.9 Å². The predicted octanol–water partition coefficient (Wildman–Crippen LogP) is 5.66. The Kier molecular flexibility index (Phi) is 7.04. The van der Waals surface area contributed by atoms with Crippen LogP contribution < -0.4 is 15.1 Å². The summed E-state index contributed by atoms with van der Waals surface area (Å²) < 4.78 is 0. The van der Waals surface area contributed by atoms with Crippen LogP contribution in [0.3, 0.4) is 0 Å². The fraction of sp³-hybridized carbons (Fsp3) is 0.259. The van der Waals surface area contributed by atoms with Gasteiger partial charge in [0.25, 0.3) is 0 Å². The molecule has 3 aromatic rings. The van der Waals surface area contributed by atoms with Crippen LogP contribution in [0.2, 0.25) is 0 Å². The first kappa shape index (κ1) is 22.9. The normalized spacial score (nSPS) is 16.5. The lowest BCUT2D eigenvalue weighted by Crippen LogP contribution is -2.27. The van der Waals surface area contributed by atoms with E-state index >= 15 is 0 Å². The lowest BCUT2D eigenvalue weighted by molar-refractivity contribution is -0.118. The first-order chi connectivity index (χ1) is 16.0. The monoisotopic (exact) mass is 459 g/mol. The molecular weight excluding hydrogens is 430 g/mol. The summed E-state index contributed by atoms with van der Waals surface area (Å²) in [7, 11) is 4.00. The van der Waals surface area contributed by atoms with E-state index in [0.29, 0.717) is 5.75 Å². The Hall–Kier alpha value is -3.25. The van der Waals surface area contributed by atoms with E-state index in [1.807, 2.05) is 110 Å². The predicted molar refractivity (Wildman–Crippen MR) is 138 cm³/mol. The van der Waals surface area contributed by atoms with Crippen molar-refractivity contribution in [2.45, 2.75) is 24.6 Å². The van der Waals surface area contributed by atoms with Crippen LogP contribution in [0.4, 0.5) is 17.1 Å². The molecule has 2 amide bonds. The van der Waals surface area contributed by atoms with Crippen molar-refractivity contribution in [3.63, 3.8) is 0 Å². The number of nitrogens with one attached hydrogen (secondary N) is 1. The second-order valence-electron chi connectivity index (χ2n) is 8.32. The molecule has 5 nitrogen and oxygen atoms in total. The lowest BCUT2D eigenvalue weighted by Gasteiger charge is -2.25. The molecule has 6 heteroatoms. The second kappa shape index (κ2) is 10.1. The summed E-state index contributed by atoms with van der Waals surface area (Å²) in [5.41, 5.74) is 4.80. The molecule has 1 aliphatic heterocycles. The SMILES string of the molecule is CCC(C(=O)Nc1ccc(C2SCC(=O)N2c2ccc(N(C)C)cc2)cc1)c1ccccc1. The highest BCUT2D eigenvalue weighted by molar-refractivity contribution is 8.00. The highest BCUT2D eigenvalue weighted by Gasteiger charge is 2.34. The van der Waals surface area contributed by atoms with Crippen LogP contribution >= 0.6 is 11.8 Å². The number of thioether (sulfide) groups is 1. The maximum atomic E-state index is 12.9. The second-order valence-corrected chi connectivity index (χ2v) is 9.39. The van der Waals surface area contributed by atoms with Crippen LogP contribution in [0, 0.1) is 0 Å².